The van der Waals surface area contributed by atoms with Gasteiger partial charge in [0.1, 0.15) is 5.76 Å². The number of anilines is 1. The summed E-state index contributed by atoms with van der Waals surface area (Å²) < 4.78 is 5.11. The van der Waals surface area contributed by atoms with Crippen LogP contribution in [0.3, 0.4) is 0 Å². The van der Waals surface area contributed by atoms with Gasteiger partial charge in [-0.25, -0.2) is 4.98 Å². The van der Waals surface area contributed by atoms with E-state index in [4.69, 9.17) is 9.52 Å². The second kappa shape index (κ2) is 5.32. The highest BCUT2D eigenvalue weighted by Gasteiger charge is 1.97. The van der Waals surface area contributed by atoms with Gasteiger partial charge in [-0.1, -0.05) is 12.1 Å². The molecule has 4 nitrogen and oxygen atoms in total. The van der Waals surface area contributed by atoms with Crippen LogP contribution in [0.1, 0.15) is 11.3 Å². The first-order chi connectivity index (χ1) is 7.88. The molecule has 0 saturated heterocycles. The van der Waals surface area contributed by atoms with Gasteiger partial charge in [0, 0.05) is 12.3 Å². The van der Waals surface area contributed by atoms with Crippen molar-refractivity contribution in [3.05, 3.63) is 48.2 Å². The van der Waals surface area contributed by atoms with Crippen LogP contribution in [0.5, 0.6) is 0 Å². The molecule has 0 spiro atoms. The number of hydrogen-bond donors (Lipinski definition) is 2. The van der Waals surface area contributed by atoms with Crippen LogP contribution >= 0.6 is 0 Å². The van der Waals surface area contributed by atoms with Crippen molar-refractivity contribution in [1.82, 2.24) is 4.98 Å². The molecular formula is C12H14N2O2. The maximum Gasteiger partial charge on any atom is 0.180 e. The number of nitrogens with zero attached hydrogens (tertiary/aromatic N) is 1. The molecule has 0 bridgehead atoms. The largest absolute Gasteiger partial charge is 0.447 e. The number of oxazole rings is 1. The maximum atomic E-state index is 8.78. The number of aliphatic hydroxyl groups is 1. The molecule has 0 aliphatic heterocycles. The Morgan fingerprint density at radius 1 is 1.25 bits per heavy atom. The second-order valence-electron chi connectivity index (χ2n) is 3.49. The third kappa shape index (κ3) is 2.84. The summed E-state index contributed by atoms with van der Waals surface area (Å²) in [6.07, 6.45) is 3.80. The van der Waals surface area contributed by atoms with Crippen LogP contribution in [-0.2, 0) is 13.0 Å². The first kappa shape index (κ1) is 10.7. The summed E-state index contributed by atoms with van der Waals surface area (Å²) >= 11 is 0. The van der Waals surface area contributed by atoms with Gasteiger partial charge in [0.05, 0.1) is 12.7 Å². The van der Waals surface area contributed by atoms with Gasteiger partial charge < -0.3 is 14.8 Å². The van der Waals surface area contributed by atoms with Crippen LogP contribution in [0, 0.1) is 0 Å². The van der Waals surface area contributed by atoms with Gasteiger partial charge in [-0.05, 0) is 24.1 Å². The Morgan fingerprint density at radius 3 is 2.69 bits per heavy atom. The third-order valence-corrected chi connectivity index (χ3v) is 2.30. The highest BCUT2D eigenvalue weighted by atomic mass is 16.3. The standard InChI is InChI=1S/C12H14N2O2/c15-6-5-10-1-3-11(4-2-10)14-8-12-7-13-9-16-12/h1-4,7,9,14-15H,5-6,8H2. The van der Waals surface area contributed by atoms with E-state index in [1.165, 1.54) is 6.39 Å². The predicted octanol–water partition coefficient (Wildman–Crippen LogP) is 1.82. The van der Waals surface area contributed by atoms with Gasteiger partial charge in [0.25, 0.3) is 0 Å². The summed E-state index contributed by atoms with van der Waals surface area (Å²) in [7, 11) is 0. The second-order valence-corrected chi connectivity index (χ2v) is 3.49. The van der Waals surface area contributed by atoms with Gasteiger partial charge in [-0.15, -0.1) is 0 Å². The van der Waals surface area contributed by atoms with Gasteiger partial charge in [-0.3, -0.25) is 0 Å². The Balaban J connectivity index is 1.90. The van der Waals surface area contributed by atoms with E-state index in [2.05, 4.69) is 10.3 Å². The fourth-order valence-corrected chi connectivity index (χ4v) is 1.44. The quantitative estimate of drug-likeness (QED) is 0.803. The summed E-state index contributed by atoms with van der Waals surface area (Å²) in [5.41, 5.74) is 2.16. The number of benzene rings is 1. The van der Waals surface area contributed by atoms with Crippen LogP contribution in [0.15, 0.2) is 41.3 Å². The lowest BCUT2D eigenvalue weighted by Crippen LogP contribution is -1.98. The summed E-state index contributed by atoms with van der Waals surface area (Å²) in [4.78, 5) is 3.84. The number of rotatable bonds is 5. The molecule has 2 aromatic rings. The zero-order valence-electron chi connectivity index (χ0n) is 8.89. The molecule has 0 unspecified atom stereocenters. The average molecular weight is 218 g/mol. The van der Waals surface area contributed by atoms with Crippen molar-refractivity contribution in [1.29, 1.82) is 0 Å². The van der Waals surface area contributed by atoms with E-state index >= 15 is 0 Å². The maximum absolute atomic E-state index is 8.78. The van der Waals surface area contributed by atoms with Gasteiger partial charge in [0.2, 0.25) is 0 Å². The van der Waals surface area contributed by atoms with E-state index in [1.54, 1.807) is 6.20 Å². The number of aliphatic hydroxyl groups excluding tert-OH is 1. The lowest BCUT2D eigenvalue weighted by molar-refractivity contribution is 0.299. The average Bonchev–Trinajstić information content (AvgIpc) is 2.82. The molecule has 4 heteroatoms. The van der Waals surface area contributed by atoms with Crippen molar-refractivity contribution in [2.45, 2.75) is 13.0 Å². The predicted molar refractivity (Wildman–Crippen MR) is 61.1 cm³/mol. The van der Waals surface area contributed by atoms with Crippen LogP contribution in [0.25, 0.3) is 0 Å². The fraction of sp³-hybridized carbons (Fsp3) is 0.250. The number of nitrogens with one attached hydrogen (secondary N) is 1. The van der Waals surface area contributed by atoms with E-state index in [0.717, 1.165) is 17.0 Å². The molecule has 0 fully saturated rings. The fourth-order valence-electron chi connectivity index (χ4n) is 1.44. The Labute approximate surface area is 93.9 Å². The normalized spacial score (nSPS) is 10.3. The molecule has 0 atom stereocenters. The molecule has 1 heterocycles. The molecule has 84 valence electrons. The highest BCUT2D eigenvalue weighted by molar-refractivity contribution is 5.44. The van der Waals surface area contributed by atoms with Crippen LogP contribution in [0.4, 0.5) is 5.69 Å². The summed E-state index contributed by atoms with van der Waals surface area (Å²) in [6, 6.07) is 7.97. The molecular weight excluding hydrogens is 204 g/mol. The molecule has 0 aliphatic rings. The van der Waals surface area contributed by atoms with Crippen LogP contribution in [-0.4, -0.2) is 16.7 Å². The molecule has 1 aromatic carbocycles. The Kier molecular flexibility index (Phi) is 3.56. The minimum atomic E-state index is 0.185. The van der Waals surface area contributed by atoms with Crippen LogP contribution < -0.4 is 5.32 Å². The Morgan fingerprint density at radius 2 is 2.06 bits per heavy atom. The Bertz CT molecular complexity index is 409. The molecule has 0 amide bonds. The molecule has 0 radical (unpaired) electrons. The smallest absolute Gasteiger partial charge is 0.180 e. The SMILES string of the molecule is OCCc1ccc(NCc2cnco2)cc1. The molecule has 16 heavy (non-hydrogen) atoms. The highest BCUT2D eigenvalue weighted by Crippen LogP contribution is 2.11. The lowest BCUT2D eigenvalue weighted by Gasteiger charge is -2.05. The van der Waals surface area contributed by atoms with Gasteiger partial charge in [-0.2, -0.15) is 0 Å². The van der Waals surface area contributed by atoms with Crippen molar-refractivity contribution in [3.8, 4) is 0 Å². The van der Waals surface area contributed by atoms with E-state index in [9.17, 15) is 0 Å². The minimum absolute atomic E-state index is 0.185. The summed E-state index contributed by atoms with van der Waals surface area (Å²) in [6.45, 7) is 0.810. The van der Waals surface area contributed by atoms with Crippen molar-refractivity contribution >= 4 is 5.69 Å². The molecule has 2 rings (SSSR count). The topological polar surface area (TPSA) is 58.3 Å². The number of hydrogen-bond acceptors (Lipinski definition) is 4. The molecule has 0 saturated carbocycles. The van der Waals surface area contributed by atoms with E-state index in [1.807, 2.05) is 24.3 Å². The van der Waals surface area contributed by atoms with Crippen molar-refractivity contribution < 1.29 is 9.52 Å². The summed E-state index contributed by atoms with van der Waals surface area (Å²) in [5.74, 6) is 0.805. The molecule has 0 aliphatic carbocycles. The first-order valence-corrected chi connectivity index (χ1v) is 5.19. The number of aromatic nitrogens is 1. The van der Waals surface area contributed by atoms with Crippen molar-refractivity contribution in [3.63, 3.8) is 0 Å². The first-order valence-electron chi connectivity index (χ1n) is 5.19. The zero-order valence-corrected chi connectivity index (χ0v) is 8.89. The minimum Gasteiger partial charge on any atom is -0.447 e. The van der Waals surface area contributed by atoms with Gasteiger partial charge >= 0.3 is 0 Å². The van der Waals surface area contributed by atoms with E-state index in [0.29, 0.717) is 13.0 Å². The summed E-state index contributed by atoms with van der Waals surface area (Å²) in [5, 5.41) is 12.0. The Hall–Kier alpha value is -1.81. The van der Waals surface area contributed by atoms with E-state index < -0.39 is 0 Å². The monoisotopic (exact) mass is 218 g/mol. The van der Waals surface area contributed by atoms with Gasteiger partial charge in [0.15, 0.2) is 6.39 Å². The van der Waals surface area contributed by atoms with Crippen molar-refractivity contribution in [2.75, 3.05) is 11.9 Å². The molecule has 1 aromatic heterocycles. The van der Waals surface area contributed by atoms with Crippen LogP contribution in [0.2, 0.25) is 0 Å². The third-order valence-electron chi connectivity index (χ3n) is 2.30. The zero-order chi connectivity index (χ0) is 11.2. The van der Waals surface area contributed by atoms with E-state index in [-0.39, 0.29) is 6.61 Å². The lowest BCUT2D eigenvalue weighted by atomic mass is 10.1. The molecule has 2 N–H and O–H groups in total. The van der Waals surface area contributed by atoms with Crippen molar-refractivity contribution in [2.24, 2.45) is 0 Å².